The molecule has 1 saturated heterocycles. The van der Waals surface area contributed by atoms with Gasteiger partial charge in [-0.05, 0) is 30.6 Å². The predicted molar refractivity (Wildman–Crippen MR) is 186 cm³/mol. The smallest absolute Gasteiger partial charge is 0.275 e. The Kier molecular flexibility index (Phi) is 9.59. The molecule has 3 aromatic rings. The second-order valence-corrected chi connectivity index (χ2v) is 19.9. The Hall–Kier alpha value is -4.24. The van der Waals surface area contributed by atoms with E-state index < -0.39 is 66.7 Å². The summed E-state index contributed by atoms with van der Waals surface area (Å²) in [6.45, 7) is 12.2. The Bertz CT molecular complexity index is 1930. The zero-order valence-corrected chi connectivity index (χ0v) is 30.5. The number of halogens is 3. The highest BCUT2D eigenvalue weighted by atomic mass is 28.4. The number of amides is 2. The van der Waals surface area contributed by atoms with E-state index in [0.29, 0.717) is 12.1 Å². The van der Waals surface area contributed by atoms with Crippen LogP contribution < -0.4 is 15.9 Å². The minimum Gasteiger partial charge on any atom is -0.483 e. The van der Waals surface area contributed by atoms with Crippen LogP contribution in [0.4, 0.5) is 13.2 Å². The SMILES string of the molecule is CC1C[C@]2(C=C[C@H](CO[Si](C)(C)C(C)(C)C)N3C[C@H]2n2cc(C(N)=O)c(=O)c(OCc4ccccc4)c2C3=O)ON1Cc1c(F)cc(F)cc1F. The molecule has 4 heterocycles. The van der Waals surface area contributed by atoms with E-state index in [0.717, 1.165) is 5.56 Å². The van der Waals surface area contributed by atoms with Crippen LogP contribution in [0.25, 0.3) is 0 Å². The number of nitrogens with zero attached hydrogens (tertiary/aromatic N) is 3. The van der Waals surface area contributed by atoms with Gasteiger partial charge in [-0.2, -0.15) is 5.06 Å². The number of hydrogen-bond acceptors (Lipinski definition) is 7. The highest BCUT2D eigenvalue weighted by molar-refractivity contribution is 6.74. The van der Waals surface area contributed by atoms with E-state index in [1.54, 1.807) is 17.0 Å². The molecule has 1 unspecified atom stereocenters. The molecule has 6 rings (SSSR count). The molecule has 1 fully saturated rings. The van der Waals surface area contributed by atoms with Gasteiger partial charge in [-0.15, -0.1) is 0 Å². The summed E-state index contributed by atoms with van der Waals surface area (Å²) in [5.74, 6) is -4.97. The Balaban J connectivity index is 1.48. The largest absolute Gasteiger partial charge is 0.483 e. The lowest BCUT2D eigenvalue weighted by Crippen LogP contribution is -2.55. The number of benzene rings is 2. The average Bonchev–Trinajstić information content (AvgIpc) is 3.30. The normalized spacial score (nSPS) is 23.4. The molecule has 3 aliphatic heterocycles. The minimum absolute atomic E-state index is 0.0688. The maximum Gasteiger partial charge on any atom is 0.275 e. The molecule has 0 saturated carbocycles. The molecular weight excluding hydrogens is 682 g/mol. The Morgan fingerprint density at radius 2 is 1.76 bits per heavy atom. The zero-order chi connectivity index (χ0) is 37.0. The molecule has 51 heavy (non-hydrogen) atoms. The number of fused-ring (bicyclic) bond motifs is 5. The topological polar surface area (TPSA) is 116 Å². The van der Waals surface area contributed by atoms with Crippen LogP contribution in [0.3, 0.4) is 0 Å². The number of ether oxygens (including phenoxy) is 1. The third-order valence-corrected chi connectivity index (χ3v) is 15.2. The predicted octanol–water partition coefficient (Wildman–Crippen LogP) is 5.87. The van der Waals surface area contributed by atoms with E-state index in [4.69, 9.17) is 19.7 Å². The quantitative estimate of drug-likeness (QED) is 0.217. The number of nitrogens with two attached hydrogens (primary N) is 1. The first-order chi connectivity index (χ1) is 23.9. The van der Waals surface area contributed by atoms with Crippen molar-refractivity contribution in [3.05, 3.63) is 111 Å². The summed E-state index contributed by atoms with van der Waals surface area (Å²) >= 11 is 0. The molecule has 3 aliphatic rings. The number of carbonyl (C=O) groups is 2. The number of hydroxylamine groups is 2. The average molecular weight is 725 g/mol. The Labute approximate surface area is 295 Å². The Morgan fingerprint density at radius 1 is 1.10 bits per heavy atom. The van der Waals surface area contributed by atoms with Crippen molar-refractivity contribution in [3.8, 4) is 5.75 Å². The van der Waals surface area contributed by atoms with E-state index in [-0.39, 0.29) is 60.3 Å². The van der Waals surface area contributed by atoms with Crippen LogP contribution in [0.2, 0.25) is 18.1 Å². The second-order valence-electron chi connectivity index (χ2n) is 15.1. The highest BCUT2D eigenvalue weighted by Crippen LogP contribution is 2.47. The van der Waals surface area contributed by atoms with Crippen LogP contribution >= 0.6 is 0 Å². The van der Waals surface area contributed by atoms with E-state index in [2.05, 4.69) is 33.9 Å². The number of pyridine rings is 1. The fourth-order valence-electron chi connectivity index (χ4n) is 6.69. The molecule has 10 nitrogen and oxygen atoms in total. The first-order valence-electron chi connectivity index (χ1n) is 16.9. The number of carbonyl (C=O) groups excluding carboxylic acids is 2. The molecule has 2 bridgehead atoms. The number of rotatable bonds is 9. The van der Waals surface area contributed by atoms with Gasteiger partial charge in [-0.3, -0.25) is 19.2 Å². The van der Waals surface area contributed by atoms with E-state index in [1.165, 1.54) is 15.8 Å². The second kappa shape index (κ2) is 13.4. The summed E-state index contributed by atoms with van der Waals surface area (Å²) in [5.41, 5.74) is 3.54. The van der Waals surface area contributed by atoms with Crippen molar-refractivity contribution >= 4 is 20.1 Å². The van der Waals surface area contributed by atoms with Crippen molar-refractivity contribution in [1.29, 1.82) is 0 Å². The van der Waals surface area contributed by atoms with Gasteiger partial charge in [0, 0.05) is 42.9 Å². The van der Waals surface area contributed by atoms with Gasteiger partial charge in [0.1, 0.15) is 35.2 Å². The minimum atomic E-state index is -2.29. The molecule has 0 radical (unpaired) electrons. The fraction of sp³-hybridized carbons (Fsp3) is 0.432. The van der Waals surface area contributed by atoms with Gasteiger partial charge in [-0.25, -0.2) is 13.2 Å². The van der Waals surface area contributed by atoms with Crippen LogP contribution in [0.5, 0.6) is 5.75 Å². The maximum atomic E-state index is 14.8. The van der Waals surface area contributed by atoms with Crippen molar-refractivity contribution in [2.24, 2.45) is 5.73 Å². The van der Waals surface area contributed by atoms with Crippen LogP contribution in [-0.4, -0.2) is 65.5 Å². The molecule has 1 spiro atoms. The molecule has 2 aromatic carbocycles. The van der Waals surface area contributed by atoms with Crippen LogP contribution in [-0.2, 0) is 22.4 Å². The Morgan fingerprint density at radius 3 is 2.39 bits per heavy atom. The lowest BCUT2D eigenvalue weighted by atomic mass is 9.86. The lowest BCUT2D eigenvalue weighted by molar-refractivity contribution is -0.208. The van der Waals surface area contributed by atoms with Crippen molar-refractivity contribution in [1.82, 2.24) is 14.5 Å². The van der Waals surface area contributed by atoms with Gasteiger partial charge in [0.15, 0.2) is 19.8 Å². The van der Waals surface area contributed by atoms with Crippen molar-refractivity contribution in [2.45, 2.75) is 89.1 Å². The van der Waals surface area contributed by atoms with Crippen molar-refractivity contribution in [3.63, 3.8) is 0 Å². The van der Waals surface area contributed by atoms with Gasteiger partial charge in [0.2, 0.25) is 5.43 Å². The molecule has 2 amide bonds. The summed E-state index contributed by atoms with van der Waals surface area (Å²) in [6.07, 6.45) is 5.23. The van der Waals surface area contributed by atoms with Crippen LogP contribution in [0.1, 0.15) is 72.1 Å². The van der Waals surface area contributed by atoms with E-state index in [1.807, 2.05) is 37.3 Å². The third-order valence-electron chi connectivity index (χ3n) is 10.7. The number of primary amides is 1. The van der Waals surface area contributed by atoms with Gasteiger partial charge in [0.25, 0.3) is 11.8 Å². The molecular formula is C37H43F3N4O6Si. The highest BCUT2D eigenvalue weighted by Gasteiger charge is 2.55. The van der Waals surface area contributed by atoms with Crippen molar-refractivity contribution < 1.29 is 36.8 Å². The monoisotopic (exact) mass is 724 g/mol. The summed E-state index contributed by atoms with van der Waals surface area (Å²) in [5, 5.41) is 1.32. The zero-order valence-electron chi connectivity index (χ0n) is 29.5. The molecule has 1 aromatic heterocycles. The molecule has 14 heteroatoms. The molecule has 272 valence electrons. The van der Waals surface area contributed by atoms with Crippen molar-refractivity contribution in [2.75, 3.05) is 13.2 Å². The lowest BCUT2D eigenvalue weighted by Gasteiger charge is -2.44. The number of hydrogen-bond donors (Lipinski definition) is 1. The van der Waals surface area contributed by atoms with Gasteiger partial charge in [0.05, 0.1) is 25.2 Å². The summed E-state index contributed by atoms with van der Waals surface area (Å²) < 4.78 is 57.6. The molecule has 0 aliphatic carbocycles. The van der Waals surface area contributed by atoms with Gasteiger partial charge in [-0.1, -0.05) is 63.3 Å². The maximum absolute atomic E-state index is 14.8. The van der Waals surface area contributed by atoms with Crippen LogP contribution in [0.15, 0.2) is 65.6 Å². The molecule has 4 atom stereocenters. The standard InChI is InChI=1S/C37H43F3N4O6Si/c1-22-16-37(50-44(22)18-26-28(39)14-24(38)15-29(26)40)13-12-25(21-49-51(5,6)36(2,3)4)42-19-30(37)43-17-27(34(41)46)32(45)33(31(43)35(42)47)48-20-23-10-8-7-9-11-23/h7-15,17,22,25,30H,16,18-21H2,1-6H3,(H2,41,46)/t22?,25-,30-,37+/m1/s1. The summed E-state index contributed by atoms with van der Waals surface area (Å²) in [4.78, 5) is 49.3. The number of aromatic nitrogens is 1. The summed E-state index contributed by atoms with van der Waals surface area (Å²) in [6, 6.07) is 8.52. The van der Waals surface area contributed by atoms with Gasteiger partial charge < -0.3 is 24.4 Å². The first-order valence-corrected chi connectivity index (χ1v) is 19.8. The van der Waals surface area contributed by atoms with E-state index >= 15 is 0 Å². The third kappa shape index (κ3) is 6.77. The summed E-state index contributed by atoms with van der Waals surface area (Å²) in [7, 11) is -2.29. The van der Waals surface area contributed by atoms with Gasteiger partial charge >= 0.3 is 0 Å². The molecule has 2 N–H and O–H groups in total. The first kappa shape index (κ1) is 36.5. The van der Waals surface area contributed by atoms with Crippen LogP contribution in [0, 0.1) is 17.5 Å². The fourth-order valence-corrected chi connectivity index (χ4v) is 7.71. The van der Waals surface area contributed by atoms with E-state index in [9.17, 15) is 27.6 Å².